The molecule has 0 aliphatic heterocycles. The summed E-state index contributed by atoms with van der Waals surface area (Å²) < 4.78 is 0. The summed E-state index contributed by atoms with van der Waals surface area (Å²) in [5.41, 5.74) is 0. The molecule has 0 saturated carbocycles. The maximum absolute atomic E-state index is 9.49. The number of phenols is 3. The molecule has 7 heteroatoms. The first kappa shape index (κ1) is 19.0. The summed E-state index contributed by atoms with van der Waals surface area (Å²) in [5.74, 6) is 0.677. The van der Waals surface area contributed by atoms with Crippen LogP contribution in [-0.4, -0.2) is 26.6 Å². The Bertz CT molecular complexity index is 733. The van der Waals surface area contributed by atoms with Gasteiger partial charge in [0.05, 0.1) is 10.9 Å². The zero-order chi connectivity index (χ0) is 19.1. The Hall–Kier alpha value is -3.32. The van der Waals surface area contributed by atoms with Crippen LogP contribution >= 0.6 is 0 Å². The fraction of sp³-hybridized carbons (Fsp3) is 0. The second-order valence-electron chi connectivity index (χ2n) is 5.05. The van der Waals surface area contributed by atoms with Crippen LogP contribution in [0.4, 0.5) is 4.79 Å². The van der Waals surface area contributed by atoms with E-state index in [2.05, 4.69) is 0 Å². The fourth-order valence-electron chi connectivity index (χ4n) is 2.15. The molecule has 6 nitrogen and oxygen atoms in total. The van der Waals surface area contributed by atoms with E-state index in [4.69, 9.17) is 15.0 Å². The van der Waals surface area contributed by atoms with Gasteiger partial charge in [-0.25, -0.2) is 0 Å². The Kier molecular flexibility index (Phi) is 6.35. The van der Waals surface area contributed by atoms with E-state index in [-0.39, 0.29) is 28.1 Å². The van der Waals surface area contributed by atoms with Gasteiger partial charge in [0.2, 0.25) is 6.16 Å². The molecule has 26 heavy (non-hydrogen) atoms. The maximum atomic E-state index is 9.49. The zero-order valence-electron chi connectivity index (χ0n) is 13.4. The van der Waals surface area contributed by atoms with Gasteiger partial charge in [0.25, 0.3) is 0 Å². The largest absolute Gasteiger partial charge is 0.565 e. The lowest BCUT2D eigenvalue weighted by molar-refractivity contribution is -0.275. The van der Waals surface area contributed by atoms with Crippen molar-refractivity contribution in [3.8, 4) is 17.2 Å². The smallest absolute Gasteiger partial charge is 0.249 e. The van der Waals surface area contributed by atoms with Crippen molar-refractivity contribution >= 4 is 17.1 Å². The molecule has 3 aromatic carbocycles. The topological polar surface area (TPSA) is 121 Å². The van der Waals surface area contributed by atoms with Crippen molar-refractivity contribution in [1.82, 2.24) is 0 Å². The van der Waals surface area contributed by atoms with E-state index in [1.54, 1.807) is 36.4 Å². The van der Waals surface area contributed by atoms with Gasteiger partial charge in [0, 0.05) is 0 Å². The van der Waals surface area contributed by atoms with Crippen LogP contribution in [0.5, 0.6) is 17.2 Å². The Morgan fingerprint density at radius 1 is 0.615 bits per heavy atom. The summed E-state index contributed by atoms with van der Waals surface area (Å²) in [6, 6.07) is 21.3. The lowest BCUT2D eigenvalue weighted by Crippen LogP contribution is -2.17. The molecule has 0 bridgehead atoms. The van der Waals surface area contributed by atoms with Gasteiger partial charge in [-0.1, -0.05) is 0 Å². The zero-order valence-corrected chi connectivity index (χ0v) is 14.3. The minimum absolute atomic E-state index is 0.226. The van der Waals surface area contributed by atoms with Crippen LogP contribution in [0.1, 0.15) is 0 Å². The van der Waals surface area contributed by atoms with Crippen LogP contribution in [0, 0.1) is 0 Å². The number of aromatic hydroxyl groups is 3. The average molecular weight is 372 g/mol. The molecule has 0 spiro atoms. The standard InChI is InChI=1S/C18H14O3S.CH2O3/c19-13-1-7-16(8-2-13)22(17-9-3-14(20)4-10-17)18-11-5-15(21)6-12-18;2-1(3)4/h1-12H,(H2-,19,20,21);(H2,2,3,4). The van der Waals surface area contributed by atoms with E-state index >= 15 is 0 Å². The molecule has 0 unspecified atom stereocenters. The van der Waals surface area contributed by atoms with Crippen LogP contribution in [-0.2, 0) is 10.9 Å². The van der Waals surface area contributed by atoms with Crippen LogP contribution in [0.3, 0.4) is 0 Å². The minimum Gasteiger partial charge on any atom is -0.565 e. The molecule has 0 aliphatic rings. The summed E-state index contributed by atoms with van der Waals surface area (Å²) in [6.45, 7) is 0. The Balaban J connectivity index is 0.000000552. The van der Waals surface area contributed by atoms with Crippen molar-refractivity contribution in [3.05, 3.63) is 72.8 Å². The predicted molar refractivity (Wildman–Crippen MR) is 94.5 cm³/mol. The van der Waals surface area contributed by atoms with E-state index < -0.39 is 6.16 Å². The number of phenolic OH excluding ortho intramolecular Hbond substituents is 3. The lowest BCUT2D eigenvalue weighted by atomic mass is 10.3. The summed E-state index contributed by atoms with van der Waals surface area (Å²) in [5, 5.41) is 43.8. The monoisotopic (exact) mass is 372 g/mol. The fourth-order valence-corrected chi connectivity index (χ4v) is 4.20. The number of carbonyl (C=O) groups is 1. The van der Waals surface area contributed by atoms with Gasteiger partial charge < -0.3 is 30.3 Å². The second-order valence-corrected chi connectivity index (χ2v) is 7.08. The molecule has 0 radical (unpaired) electrons. The molecule has 0 amide bonds. The van der Waals surface area contributed by atoms with E-state index in [1.165, 1.54) is 0 Å². The van der Waals surface area contributed by atoms with Gasteiger partial charge >= 0.3 is 0 Å². The van der Waals surface area contributed by atoms with Crippen molar-refractivity contribution in [2.24, 2.45) is 0 Å². The van der Waals surface area contributed by atoms with Crippen LogP contribution < -0.4 is 5.11 Å². The second kappa shape index (κ2) is 8.68. The first-order valence-electron chi connectivity index (χ1n) is 7.38. The van der Waals surface area contributed by atoms with E-state index in [0.29, 0.717) is 0 Å². The molecule has 3 rings (SSSR count). The molecule has 0 heterocycles. The number of carboxylic acid groups (broad SMARTS) is 2. The van der Waals surface area contributed by atoms with Crippen molar-refractivity contribution in [2.45, 2.75) is 14.7 Å². The molecule has 0 aromatic heterocycles. The summed E-state index contributed by atoms with van der Waals surface area (Å²) in [7, 11) is -0.373. The van der Waals surface area contributed by atoms with Gasteiger partial charge in [-0.3, -0.25) is 0 Å². The van der Waals surface area contributed by atoms with Gasteiger partial charge in [0.15, 0.2) is 14.7 Å². The Morgan fingerprint density at radius 3 is 1.00 bits per heavy atom. The molecular formula is C19H16O6S. The molecule has 3 aromatic rings. The van der Waals surface area contributed by atoms with Gasteiger partial charge in [-0.05, 0) is 72.8 Å². The Morgan fingerprint density at radius 2 is 0.808 bits per heavy atom. The SMILES string of the molecule is O=C([O-])O.Oc1ccc([S+](c2ccc(O)cc2)c2ccc(O)cc2)cc1. The van der Waals surface area contributed by atoms with Crippen LogP contribution in [0.2, 0.25) is 0 Å². The normalized spacial score (nSPS) is 10.0. The number of hydrogen-bond acceptors (Lipinski definition) is 5. The van der Waals surface area contributed by atoms with E-state index in [9.17, 15) is 15.3 Å². The van der Waals surface area contributed by atoms with Gasteiger partial charge in [-0.2, -0.15) is 0 Å². The average Bonchev–Trinajstić information content (AvgIpc) is 2.60. The van der Waals surface area contributed by atoms with Crippen LogP contribution in [0.15, 0.2) is 87.5 Å². The molecule has 0 aliphatic carbocycles. The number of rotatable bonds is 3. The van der Waals surface area contributed by atoms with Crippen molar-refractivity contribution in [2.75, 3.05) is 0 Å². The maximum Gasteiger partial charge on any atom is 0.249 e. The first-order valence-corrected chi connectivity index (χ1v) is 8.60. The molecule has 134 valence electrons. The predicted octanol–water partition coefficient (Wildman–Crippen LogP) is 2.79. The third kappa shape index (κ3) is 5.35. The first-order chi connectivity index (χ1) is 12.4. The van der Waals surface area contributed by atoms with E-state index in [0.717, 1.165) is 14.7 Å². The highest BCUT2D eigenvalue weighted by Crippen LogP contribution is 2.33. The van der Waals surface area contributed by atoms with Crippen molar-refractivity contribution < 1.29 is 30.3 Å². The highest BCUT2D eigenvalue weighted by atomic mass is 32.2. The van der Waals surface area contributed by atoms with Crippen molar-refractivity contribution in [1.29, 1.82) is 0 Å². The van der Waals surface area contributed by atoms with Gasteiger partial charge in [0.1, 0.15) is 17.2 Å². The minimum atomic E-state index is -2.08. The molecule has 0 fully saturated rings. The number of benzene rings is 3. The quantitative estimate of drug-likeness (QED) is 0.525. The van der Waals surface area contributed by atoms with Gasteiger partial charge in [-0.15, -0.1) is 0 Å². The molecule has 0 atom stereocenters. The summed E-state index contributed by atoms with van der Waals surface area (Å²) in [4.78, 5) is 11.6. The molecular weight excluding hydrogens is 356 g/mol. The number of hydrogen-bond donors (Lipinski definition) is 4. The summed E-state index contributed by atoms with van der Waals surface area (Å²) in [6.07, 6.45) is -2.08. The lowest BCUT2D eigenvalue weighted by Gasteiger charge is -2.08. The van der Waals surface area contributed by atoms with Crippen LogP contribution in [0.25, 0.3) is 0 Å². The molecule has 0 saturated heterocycles. The van der Waals surface area contributed by atoms with Crippen molar-refractivity contribution in [3.63, 3.8) is 0 Å². The third-order valence-electron chi connectivity index (χ3n) is 3.22. The molecule has 4 N–H and O–H groups in total. The van der Waals surface area contributed by atoms with E-state index in [1.807, 2.05) is 36.4 Å². The summed E-state index contributed by atoms with van der Waals surface area (Å²) >= 11 is 0. The Labute approximate surface area is 152 Å². The highest BCUT2D eigenvalue weighted by molar-refractivity contribution is 7.97. The highest BCUT2D eigenvalue weighted by Gasteiger charge is 2.28. The third-order valence-corrected chi connectivity index (χ3v) is 5.45.